The number of anilines is 1. The third kappa shape index (κ3) is 2.15. The average molecular weight is 210 g/mol. The first kappa shape index (κ1) is 10.1. The van der Waals surface area contributed by atoms with Crippen LogP contribution in [0, 0.1) is 5.41 Å². The molecular weight excluding hydrogens is 196 g/mol. The van der Waals surface area contributed by atoms with Crippen LogP contribution in [0.3, 0.4) is 0 Å². The number of carbonyl (C=O) groups excluding carboxylic acids is 1. The van der Waals surface area contributed by atoms with Crippen molar-refractivity contribution in [2.45, 2.75) is 19.8 Å². The predicted octanol–water partition coefficient (Wildman–Crippen LogP) is 0.560. The highest BCUT2D eigenvalue weighted by Gasteiger charge is 2.35. The standard InChI is InChI=1S/C9H14N4O2/c1-9(3-2-4-15-6-9)8(14)11-7-5-10-13-12-7/h5H,2-4,6H2,1H3,(H2,10,11,12,13,14). The Bertz CT molecular complexity index is 330. The zero-order valence-corrected chi connectivity index (χ0v) is 8.62. The first-order chi connectivity index (χ1) is 7.21. The summed E-state index contributed by atoms with van der Waals surface area (Å²) in [5.74, 6) is 0.392. The summed E-state index contributed by atoms with van der Waals surface area (Å²) in [4.78, 5) is 11.9. The van der Waals surface area contributed by atoms with Crippen molar-refractivity contribution in [3.05, 3.63) is 6.20 Å². The molecular formula is C9H14N4O2. The summed E-state index contributed by atoms with van der Waals surface area (Å²) in [6, 6.07) is 0. The van der Waals surface area contributed by atoms with Gasteiger partial charge in [0.2, 0.25) is 5.91 Å². The van der Waals surface area contributed by atoms with Gasteiger partial charge < -0.3 is 10.1 Å². The highest BCUT2D eigenvalue weighted by molar-refractivity contribution is 5.94. The van der Waals surface area contributed by atoms with Gasteiger partial charge in [0.1, 0.15) is 0 Å². The molecule has 0 saturated carbocycles. The number of H-pyrrole nitrogens is 1. The first-order valence-electron chi connectivity index (χ1n) is 4.96. The molecule has 1 unspecified atom stereocenters. The number of amides is 1. The van der Waals surface area contributed by atoms with Crippen molar-refractivity contribution in [3.63, 3.8) is 0 Å². The largest absolute Gasteiger partial charge is 0.380 e. The molecule has 0 aliphatic carbocycles. The fourth-order valence-electron chi connectivity index (χ4n) is 1.64. The van der Waals surface area contributed by atoms with Crippen LogP contribution in [0.1, 0.15) is 19.8 Å². The van der Waals surface area contributed by atoms with Gasteiger partial charge in [0.05, 0.1) is 18.2 Å². The Morgan fingerprint density at radius 1 is 1.73 bits per heavy atom. The number of aromatic nitrogens is 3. The normalized spacial score (nSPS) is 26.2. The summed E-state index contributed by atoms with van der Waals surface area (Å²) in [7, 11) is 0. The minimum Gasteiger partial charge on any atom is -0.380 e. The Hall–Kier alpha value is -1.43. The topological polar surface area (TPSA) is 79.9 Å². The number of carbonyl (C=O) groups is 1. The molecule has 2 N–H and O–H groups in total. The Morgan fingerprint density at radius 2 is 2.60 bits per heavy atom. The maximum absolute atomic E-state index is 11.9. The molecule has 2 rings (SSSR count). The van der Waals surface area contributed by atoms with Crippen LogP contribution >= 0.6 is 0 Å². The number of ether oxygens (including phenoxy) is 1. The van der Waals surface area contributed by atoms with E-state index in [-0.39, 0.29) is 5.91 Å². The molecule has 0 bridgehead atoms. The summed E-state index contributed by atoms with van der Waals surface area (Å²) in [6.45, 7) is 3.12. The second kappa shape index (κ2) is 3.98. The van der Waals surface area contributed by atoms with Gasteiger partial charge in [-0.05, 0) is 19.8 Å². The van der Waals surface area contributed by atoms with E-state index in [1.54, 1.807) is 0 Å². The van der Waals surface area contributed by atoms with E-state index in [2.05, 4.69) is 20.7 Å². The maximum Gasteiger partial charge on any atom is 0.233 e. The highest BCUT2D eigenvalue weighted by Crippen LogP contribution is 2.28. The molecule has 0 spiro atoms. The molecule has 1 aliphatic rings. The second-order valence-corrected chi connectivity index (χ2v) is 4.03. The van der Waals surface area contributed by atoms with Crippen molar-refractivity contribution < 1.29 is 9.53 Å². The second-order valence-electron chi connectivity index (χ2n) is 4.03. The predicted molar refractivity (Wildman–Crippen MR) is 53.2 cm³/mol. The lowest BCUT2D eigenvalue weighted by atomic mass is 9.84. The van der Waals surface area contributed by atoms with Gasteiger partial charge >= 0.3 is 0 Å². The molecule has 15 heavy (non-hydrogen) atoms. The van der Waals surface area contributed by atoms with Crippen molar-refractivity contribution in [2.75, 3.05) is 18.5 Å². The molecule has 1 saturated heterocycles. The number of hydrogen-bond donors (Lipinski definition) is 2. The Kier molecular flexibility index (Phi) is 2.68. The van der Waals surface area contributed by atoms with Crippen molar-refractivity contribution in [2.24, 2.45) is 5.41 Å². The quantitative estimate of drug-likeness (QED) is 0.747. The van der Waals surface area contributed by atoms with E-state index in [4.69, 9.17) is 4.74 Å². The number of hydrogen-bond acceptors (Lipinski definition) is 4. The molecule has 1 fully saturated rings. The van der Waals surface area contributed by atoms with Crippen LogP contribution in [0.25, 0.3) is 0 Å². The molecule has 1 atom stereocenters. The van der Waals surface area contributed by atoms with Crippen molar-refractivity contribution in [1.82, 2.24) is 15.4 Å². The minimum atomic E-state index is -0.447. The monoisotopic (exact) mass is 210 g/mol. The van der Waals surface area contributed by atoms with E-state index < -0.39 is 5.41 Å². The Balaban J connectivity index is 2.00. The van der Waals surface area contributed by atoms with E-state index in [1.807, 2.05) is 6.92 Å². The van der Waals surface area contributed by atoms with Gasteiger partial charge in [-0.25, -0.2) is 0 Å². The smallest absolute Gasteiger partial charge is 0.233 e. The first-order valence-corrected chi connectivity index (χ1v) is 4.96. The molecule has 1 amide bonds. The third-order valence-corrected chi connectivity index (χ3v) is 2.64. The molecule has 0 aromatic carbocycles. The zero-order chi connectivity index (χ0) is 10.7. The number of rotatable bonds is 2. The van der Waals surface area contributed by atoms with Gasteiger partial charge in [-0.3, -0.25) is 4.79 Å². The van der Waals surface area contributed by atoms with Crippen LogP contribution in [0.15, 0.2) is 6.20 Å². The fraction of sp³-hybridized carbons (Fsp3) is 0.667. The Morgan fingerprint density at radius 3 is 3.20 bits per heavy atom. The minimum absolute atomic E-state index is 0.0592. The van der Waals surface area contributed by atoms with E-state index >= 15 is 0 Å². The molecule has 82 valence electrons. The SMILES string of the molecule is CC1(C(=O)Nc2cn[nH]n2)CCCOC1. The van der Waals surface area contributed by atoms with Gasteiger partial charge in [-0.15, -0.1) is 5.10 Å². The van der Waals surface area contributed by atoms with Crippen molar-refractivity contribution in [3.8, 4) is 0 Å². The maximum atomic E-state index is 11.9. The van der Waals surface area contributed by atoms with Gasteiger partial charge in [0, 0.05) is 6.61 Å². The lowest BCUT2D eigenvalue weighted by Gasteiger charge is -2.31. The summed E-state index contributed by atoms with van der Waals surface area (Å²) in [5, 5.41) is 12.5. The van der Waals surface area contributed by atoms with Crippen LogP contribution in [0.2, 0.25) is 0 Å². The van der Waals surface area contributed by atoms with Crippen LogP contribution in [-0.4, -0.2) is 34.5 Å². The summed E-state index contributed by atoms with van der Waals surface area (Å²) < 4.78 is 5.32. The van der Waals surface area contributed by atoms with Crippen LogP contribution in [0.4, 0.5) is 5.82 Å². The Labute approximate surface area is 87.4 Å². The average Bonchev–Trinajstić information content (AvgIpc) is 2.71. The van der Waals surface area contributed by atoms with Crippen molar-refractivity contribution in [1.29, 1.82) is 0 Å². The lowest BCUT2D eigenvalue weighted by Crippen LogP contribution is -2.40. The number of nitrogens with zero attached hydrogens (tertiary/aromatic N) is 2. The third-order valence-electron chi connectivity index (χ3n) is 2.64. The van der Waals surface area contributed by atoms with E-state index in [9.17, 15) is 4.79 Å². The van der Waals surface area contributed by atoms with E-state index in [0.29, 0.717) is 12.4 Å². The lowest BCUT2D eigenvalue weighted by molar-refractivity contribution is -0.131. The molecule has 0 radical (unpaired) electrons. The van der Waals surface area contributed by atoms with Gasteiger partial charge in [0.25, 0.3) is 0 Å². The highest BCUT2D eigenvalue weighted by atomic mass is 16.5. The zero-order valence-electron chi connectivity index (χ0n) is 8.62. The molecule has 1 aliphatic heterocycles. The van der Waals surface area contributed by atoms with E-state index in [0.717, 1.165) is 19.4 Å². The molecule has 2 heterocycles. The molecule has 6 heteroatoms. The van der Waals surface area contributed by atoms with Crippen molar-refractivity contribution >= 4 is 11.7 Å². The van der Waals surface area contributed by atoms with E-state index in [1.165, 1.54) is 6.20 Å². The van der Waals surface area contributed by atoms with Gasteiger partial charge in [-0.1, -0.05) is 0 Å². The van der Waals surface area contributed by atoms with Gasteiger partial charge in [0.15, 0.2) is 5.82 Å². The fourth-order valence-corrected chi connectivity index (χ4v) is 1.64. The molecule has 1 aromatic heterocycles. The number of nitrogens with one attached hydrogen (secondary N) is 2. The molecule has 6 nitrogen and oxygen atoms in total. The van der Waals surface area contributed by atoms with Crippen LogP contribution in [0.5, 0.6) is 0 Å². The van der Waals surface area contributed by atoms with Crippen LogP contribution < -0.4 is 5.32 Å². The summed E-state index contributed by atoms with van der Waals surface area (Å²) in [6.07, 6.45) is 3.24. The van der Waals surface area contributed by atoms with Gasteiger partial charge in [-0.2, -0.15) is 10.3 Å². The molecule has 1 aromatic rings. The number of aromatic amines is 1. The summed E-state index contributed by atoms with van der Waals surface area (Å²) >= 11 is 0. The van der Waals surface area contributed by atoms with Crippen LogP contribution in [-0.2, 0) is 9.53 Å². The summed E-state index contributed by atoms with van der Waals surface area (Å²) in [5.41, 5.74) is -0.447.